The van der Waals surface area contributed by atoms with Crippen LogP contribution in [-0.4, -0.2) is 39.1 Å². The number of carbonyl (C=O) groups excluding carboxylic acids is 1. The van der Waals surface area contributed by atoms with Crippen molar-refractivity contribution in [2.75, 3.05) is 19.0 Å². The summed E-state index contributed by atoms with van der Waals surface area (Å²) in [5, 5.41) is 16.4. The smallest absolute Gasteiger partial charge is 0.337 e. The van der Waals surface area contributed by atoms with Gasteiger partial charge in [0.05, 0.1) is 17.6 Å². The average Bonchev–Trinajstić information content (AvgIpc) is 2.34. The zero-order valence-corrected chi connectivity index (χ0v) is 10.7. The van der Waals surface area contributed by atoms with Crippen molar-refractivity contribution in [1.29, 1.82) is 0 Å². The van der Waals surface area contributed by atoms with E-state index in [0.717, 1.165) is 12.1 Å². The van der Waals surface area contributed by atoms with E-state index in [2.05, 4.69) is 10.1 Å². The van der Waals surface area contributed by atoms with Crippen molar-refractivity contribution in [1.82, 2.24) is 0 Å². The first-order valence-electron chi connectivity index (χ1n) is 4.96. The Morgan fingerprint density at radius 2 is 2.05 bits per heavy atom. The van der Waals surface area contributed by atoms with E-state index < -0.39 is 32.4 Å². The molecule has 0 heterocycles. The Bertz CT molecular complexity index is 610. The van der Waals surface area contributed by atoms with Gasteiger partial charge in [0.15, 0.2) is 0 Å². The third-order valence-corrected chi connectivity index (χ3v) is 3.13. The van der Waals surface area contributed by atoms with E-state index in [-0.39, 0.29) is 12.2 Å². The Balaban J connectivity index is 3.13. The Morgan fingerprint density at radius 3 is 2.53 bits per heavy atom. The Labute approximate surface area is 109 Å². The number of hydrogen-bond acceptors (Lipinski definition) is 6. The maximum Gasteiger partial charge on any atom is 0.337 e. The van der Waals surface area contributed by atoms with Crippen LogP contribution in [0.2, 0.25) is 0 Å². The van der Waals surface area contributed by atoms with Crippen LogP contribution >= 0.6 is 0 Å². The van der Waals surface area contributed by atoms with Crippen molar-refractivity contribution >= 4 is 27.6 Å². The zero-order chi connectivity index (χ0) is 14.6. The molecule has 0 saturated heterocycles. The highest BCUT2D eigenvalue weighted by Gasteiger charge is 2.19. The molecule has 0 radical (unpaired) electrons. The van der Waals surface area contributed by atoms with Gasteiger partial charge in [-0.1, -0.05) is 0 Å². The van der Waals surface area contributed by atoms with Gasteiger partial charge in [-0.05, 0) is 18.2 Å². The minimum absolute atomic E-state index is 0.188. The van der Waals surface area contributed by atoms with Crippen LogP contribution in [0.15, 0.2) is 23.1 Å². The molecule has 4 N–H and O–H groups in total. The van der Waals surface area contributed by atoms with E-state index in [4.69, 9.17) is 10.2 Å². The summed E-state index contributed by atoms with van der Waals surface area (Å²) in [6.07, 6.45) is 0. The zero-order valence-electron chi connectivity index (χ0n) is 9.91. The van der Waals surface area contributed by atoms with Crippen LogP contribution < -0.4 is 10.5 Å². The van der Waals surface area contributed by atoms with Crippen LogP contribution in [-0.2, 0) is 19.6 Å². The van der Waals surface area contributed by atoms with E-state index in [0.29, 0.717) is 0 Å². The van der Waals surface area contributed by atoms with E-state index in [9.17, 15) is 18.0 Å². The number of methoxy groups -OCH3 is 1. The molecule has 1 aromatic carbocycles. The molecule has 0 saturated carbocycles. The van der Waals surface area contributed by atoms with Crippen molar-refractivity contribution in [2.24, 2.45) is 5.14 Å². The third kappa shape index (κ3) is 3.93. The molecular formula is C10H12N2O6S. The Hall–Kier alpha value is -2.13. The van der Waals surface area contributed by atoms with Crippen LogP contribution in [0, 0.1) is 0 Å². The number of anilines is 1. The number of primary sulfonamides is 1. The second-order valence-corrected chi connectivity index (χ2v) is 5.02. The molecule has 0 aromatic heterocycles. The molecule has 0 amide bonds. The number of esters is 1. The van der Waals surface area contributed by atoms with E-state index >= 15 is 0 Å². The summed E-state index contributed by atoms with van der Waals surface area (Å²) in [6, 6.07) is 3.45. The molecule has 9 heteroatoms. The number of sulfonamides is 1. The van der Waals surface area contributed by atoms with Gasteiger partial charge < -0.3 is 15.2 Å². The molecule has 19 heavy (non-hydrogen) atoms. The number of rotatable bonds is 5. The first-order valence-corrected chi connectivity index (χ1v) is 6.51. The van der Waals surface area contributed by atoms with Crippen molar-refractivity contribution in [3.05, 3.63) is 23.8 Å². The summed E-state index contributed by atoms with van der Waals surface area (Å²) in [7, 11) is -2.98. The summed E-state index contributed by atoms with van der Waals surface area (Å²) in [5.74, 6) is -1.97. The first-order chi connectivity index (χ1) is 8.75. The predicted molar refractivity (Wildman–Crippen MR) is 65.3 cm³/mol. The summed E-state index contributed by atoms with van der Waals surface area (Å²) in [5.41, 5.74) is -0.203. The first kappa shape index (κ1) is 14.9. The molecule has 0 aliphatic carbocycles. The maximum absolute atomic E-state index is 11.3. The number of nitrogens with one attached hydrogen (secondary N) is 1. The Kier molecular flexibility index (Phi) is 4.46. The second-order valence-electron chi connectivity index (χ2n) is 3.49. The quantitative estimate of drug-likeness (QED) is 0.628. The number of carbonyl (C=O) groups is 2. The minimum Gasteiger partial charge on any atom is -0.478 e. The largest absolute Gasteiger partial charge is 0.478 e. The van der Waals surface area contributed by atoms with Gasteiger partial charge in [-0.15, -0.1) is 0 Å². The van der Waals surface area contributed by atoms with Crippen LogP contribution in [0.1, 0.15) is 10.4 Å². The molecule has 8 nitrogen and oxygen atoms in total. The lowest BCUT2D eigenvalue weighted by Crippen LogP contribution is -2.18. The SMILES string of the molecule is COC(=O)CNc1ccc(C(=O)O)c(S(N)(=O)=O)c1. The number of carboxylic acids is 1. The van der Waals surface area contributed by atoms with Gasteiger partial charge in [0.1, 0.15) is 6.54 Å². The van der Waals surface area contributed by atoms with Crippen LogP contribution in [0.3, 0.4) is 0 Å². The van der Waals surface area contributed by atoms with Crippen molar-refractivity contribution in [2.45, 2.75) is 4.90 Å². The number of aromatic carboxylic acids is 1. The topological polar surface area (TPSA) is 136 Å². The lowest BCUT2D eigenvalue weighted by molar-refractivity contribution is -0.138. The molecule has 1 aromatic rings. The molecular weight excluding hydrogens is 276 g/mol. The van der Waals surface area contributed by atoms with Gasteiger partial charge in [0, 0.05) is 5.69 Å². The minimum atomic E-state index is -4.18. The molecule has 0 bridgehead atoms. The fraction of sp³-hybridized carbons (Fsp3) is 0.200. The normalized spacial score (nSPS) is 10.8. The molecule has 0 unspecified atom stereocenters. The molecule has 0 aliphatic rings. The molecule has 0 fully saturated rings. The van der Waals surface area contributed by atoms with Crippen molar-refractivity contribution < 1.29 is 27.9 Å². The van der Waals surface area contributed by atoms with Crippen LogP contribution in [0.4, 0.5) is 5.69 Å². The second kappa shape index (κ2) is 5.67. The van der Waals surface area contributed by atoms with E-state index in [1.54, 1.807) is 0 Å². The molecule has 104 valence electrons. The lowest BCUT2D eigenvalue weighted by Gasteiger charge is -2.09. The molecule has 0 spiro atoms. The summed E-state index contributed by atoms with van der Waals surface area (Å²) >= 11 is 0. The van der Waals surface area contributed by atoms with Crippen LogP contribution in [0.5, 0.6) is 0 Å². The van der Waals surface area contributed by atoms with E-state index in [1.807, 2.05) is 0 Å². The number of benzene rings is 1. The Morgan fingerprint density at radius 1 is 1.42 bits per heavy atom. The monoisotopic (exact) mass is 288 g/mol. The molecule has 0 aliphatic heterocycles. The average molecular weight is 288 g/mol. The highest BCUT2D eigenvalue weighted by atomic mass is 32.2. The number of ether oxygens (including phenoxy) is 1. The number of carboxylic acid groups (broad SMARTS) is 1. The van der Waals surface area contributed by atoms with Gasteiger partial charge in [-0.25, -0.2) is 18.4 Å². The summed E-state index contributed by atoms with van der Waals surface area (Å²) < 4.78 is 27.0. The number of hydrogen-bond donors (Lipinski definition) is 3. The van der Waals surface area contributed by atoms with Gasteiger partial charge in [-0.2, -0.15) is 0 Å². The maximum atomic E-state index is 11.3. The summed E-state index contributed by atoms with van der Waals surface area (Å²) in [4.78, 5) is 21.3. The van der Waals surface area contributed by atoms with Crippen molar-refractivity contribution in [3.8, 4) is 0 Å². The highest BCUT2D eigenvalue weighted by Crippen LogP contribution is 2.19. The van der Waals surface area contributed by atoms with Gasteiger partial charge in [-0.3, -0.25) is 4.79 Å². The van der Waals surface area contributed by atoms with Gasteiger partial charge >= 0.3 is 11.9 Å². The fourth-order valence-corrected chi connectivity index (χ4v) is 2.04. The molecule has 1 rings (SSSR count). The lowest BCUT2D eigenvalue weighted by atomic mass is 10.2. The number of nitrogens with two attached hydrogens (primary N) is 1. The summed E-state index contributed by atoms with van der Waals surface area (Å²) in [6.45, 7) is -0.188. The fourth-order valence-electron chi connectivity index (χ4n) is 1.29. The van der Waals surface area contributed by atoms with Crippen molar-refractivity contribution in [3.63, 3.8) is 0 Å². The van der Waals surface area contributed by atoms with Gasteiger partial charge in [0.2, 0.25) is 10.0 Å². The molecule has 0 atom stereocenters. The third-order valence-electron chi connectivity index (χ3n) is 2.18. The van der Waals surface area contributed by atoms with E-state index in [1.165, 1.54) is 13.2 Å². The van der Waals surface area contributed by atoms with Crippen LogP contribution in [0.25, 0.3) is 0 Å². The standard InChI is InChI=1S/C10H12N2O6S/c1-18-9(13)5-12-6-2-3-7(10(14)15)8(4-6)19(11,16)17/h2-4,12H,5H2,1H3,(H,14,15)(H2,11,16,17). The predicted octanol–water partition coefficient (Wildman–Crippen LogP) is -0.383. The highest BCUT2D eigenvalue weighted by molar-refractivity contribution is 7.89. The van der Waals surface area contributed by atoms with Gasteiger partial charge in [0.25, 0.3) is 0 Å².